The summed E-state index contributed by atoms with van der Waals surface area (Å²) in [6, 6.07) is 11.3. The van der Waals surface area contributed by atoms with E-state index < -0.39 is 18.5 Å². The first-order valence-corrected chi connectivity index (χ1v) is 11.1. The molecule has 2 bridgehead atoms. The van der Waals surface area contributed by atoms with E-state index in [0.29, 0.717) is 16.4 Å². The third-order valence-corrected chi connectivity index (χ3v) is 7.01. The molecule has 2 aromatic carbocycles. The van der Waals surface area contributed by atoms with Crippen LogP contribution in [0.3, 0.4) is 0 Å². The SMILES string of the molecule is Cc1ccc(NC(=O)COC(=O)c2cccc(N3C(=O)[C@H]4[C@H](C3=O)[C@H]3C=C[C@H]4C3)c2)cc1Cl. The summed E-state index contributed by atoms with van der Waals surface area (Å²) in [6.07, 6.45) is 4.91. The molecule has 0 spiro atoms. The molecule has 168 valence electrons. The number of carbonyl (C=O) groups is 4. The lowest BCUT2D eigenvalue weighted by Gasteiger charge is -2.18. The molecule has 0 unspecified atom stereocenters. The van der Waals surface area contributed by atoms with Crippen LogP contribution in [0, 0.1) is 30.6 Å². The van der Waals surface area contributed by atoms with Crippen LogP contribution in [0.25, 0.3) is 0 Å². The van der Waals surface area contributed by atoms with Crippen molar-refractivity contribution in [2.75, 3.05) is 16.8 Å². The molecule has 1 saturated heterocycles. The predicted octanol–water partition coefficient (Wildman–Crippen LogP) is 3.76. The van der Waals surface area contributed by atoms with E-state index in [1.165, 1.54) is 17.0 Å². The van der Waals surface area contributed by atoms with Crippen LogP contribution < -0.4 is 10.2 Å². The van der Waals surface area contributed by atoms with E-state index in [0.717, 1.165) is 12.0 Å². The van der Waals surface area contributed by atoms with Crippen LogP contribution in [0.2, 0.25) is 5.02 Å². The third kappa shape index (κ3) is 3.72. The molecule has 1 heterocycles. The van der Waals surface area contributed by atoms with Crippen LogP contribution in [0.15, 0.2) is 54.6 Å². The Bertz CT molecular complexity index is 1190. The minimum absolute atomic E-state index is 0.108. The van der Waals surface area contributed by atoms with Crippen molar-refractivity contribution in [3.05, 3.63) is 70.8 Å². The van der Waals surface area contributed by atoms with Gasteiger partial charge >= 0.3 is 5.97 Å². The molecule has 8 heteroatoms. The topological polar surface area (TPSA) is 92.8 Å². The minimum atomic E-state index is -0.727. The second-order valence-electron chi connectivity index (χ2n) is 8.65. The average Bonchev–Trinajstić information content (AvgIpc) is 3.48. The number of nitrogens with one attached hydrogen (secondary N) is 1. The number of aryl methyl sites for hydroxylation is 1. The van der Waals surface area contributed by atoms with Crippen LogP contribution in [0.1, 0.15) is 22.3 Å². The summed E-state index contributed by atoms with van der Waals surface area (Å²) in [5.74, 6) is -2.10. The number of ether oxygens (including phenoxy) is 1. The van der Waals surface area contributed by atoms with E-state index in [-0.39, 0.29) is 41.0 Å². The van der Waals surface area contributed by atoms with Crippen LogP contribution in [0.5, 0.6) is 0 Å². The number of halogens is 1. The average molecular weight is 465 g/mol. The van der Waals surface area contributed by atoms with Crippen LogP contribution in [-0.2, 0) is 19.1 Å². The van der Waals surface area contributed by atoms with Crippen molar-refractivity contribution in [3.63, 3.8) is 0 Å². The van der Waals surface area contributed by atoms with Gasteiger partial charge in [0.25, 0.3) is 5.91 Å². The van der Waals surface area contributed by atoms with Gasteiger partial charge in [-0.2, -0.15) is 0 Å². The maximum atomic E-state index is 13.0. The molecule has 3 amide bonds. The molecule has 33 heavy (non-hydrogen) atoms. The molecule has 1 saturated carbocycles. The Labute approximate surface area is 195 Å². The highest BCUT2D eigenvalue weighted by molar-refractivity contribution is 6.31. The predicted molar refractivity (Wildman–Crippen MR) is 122 cm³/mol. The van der Waals surface area contributed by atoms with Gasteiger partial charge in [-0.05, 0) is 61.1 Å². The highest BCUT2D eigenvalue weighted by Gasteiger charge is 2.59. The number of rotatable bonds is 5. The number of amides is 3. The molecule has 1 N–H and O–H groups in total. The monoisotopic (exact) mass is 464 g/mol. The Balaban J connectivity index is 1.24. The molecule has 7 nitrogen and oxygen atoms in total. The van der Waals surface area contributed by atoms with E-state index >= 15 is 0 Å². The zero-order chi connectivity index (χ0) is 23.3. The van der Waals surface area contributed by atoms with Gasteiger partial charge in [0, 0.05) is 10.7 Å². The fraction of sp³-hybridized carbons (Fsp3) is 0.280. The lowest BCUT2D eigenvalue weighted by Crippen LogP contribution is -2.33. The Morgan fingerprint density at radius 2 is 1.76 bits per heavy atom. The Kier molecular flexibility index (Phi) is 5.29. The van der Waals surface area contributed by atoms with Gasteiger partial charge in [-0.1, -0.05) is 35.9 Å². The molecule has 2 aromatic rings. The molecular formula is C25H21ClN2O5. The Morgan fingerprint density at radius 3 is 2.42 bits per heavy atom. The van der Waals surface area contributed by atoms with Crippen molar-refractivity contribution in [2.24, 2.45) is 23.7 Å². The van der Waals surface area contributed by atoms with E-state index in [9.17, 15) is 19.2 Å². The van der Waals surface area contributed by atoms with Crippen LogP contribution >= 0.6 is 11.6 Å². The number of esters is 1. The lowest BCUT2D eigenvalue weighted by molar-refractivity contribution is -0.123. The van der Waals surface area contributed by atoms with Crippen molar-refractivity contribution >= 4 is 46.7 Å². The molecule has 5 rings (SSSR count). The van der Waals surface area contributed by atoms with Gasteiger partial charge in [0.1, 0.15) is 0 Å². The first-order chi connectivity index (χ1) is 15.8. The van der Waals surface area contributed by atoms with Crippen molar-refractivity contribution in [1.29, 1.82) is 0 Å². The van der Waals surface area contributed by atoms with Crippen molar-refractivity contribution in [3.8, 4) is 0 Å². The molecule has 4 atom stereocenters. The van der Waals surface area contributed by atoms with Gasteiger partial charge in [0.2, 0.25) is 11.8 Å². The number of nitrogens with zero attached hydrogens (tertiary/aromatic N) is 1. The number of hydrogen-bond donors (Lipinski definition) is 1. The van der Waals surface area contributed by atoms with Gasteiger partial charge in [0.15, 0.2) is 6.61 Å². The second kappa shape index (κ2) is 8.15. The molecule has 0 radical (unpaired) electrons. The molecule has 2 aliphatic carbocycles. The number of allylic oxidation sites excluding steroid dienone is 2. The van der Waals surface area contributed by atoms with Crippen molar-refractivity contribution < 1.29 is 23.9 Å². The zero-order valence-electron chi connectivity index (χ0n) is 17.8. The van der Waals surface area contributed by atoms with Gasteiger partial charge in [0.05, 0.1) is 23.1 Å². The summed E-state index contributed by atoms with van der Waals surface area (Å²) in [7, 11) is 0. The highest BCUT2D eigenvalue weighted by atomic mass is 35.5. The number of imide groups is 1. The Hall–Kier alpha value is -3.45. The van der Waals surface area contributed by atoms with Crippen molar-refractivity contribution in [2.45, 2.75) is 13.3 Å². The molecule has 1 aliphatic heterocycles. The number of benzene rings is 2. The van der Waals surface area contributed by atoms with Crippen LogP contribution in [-0.4, -0.2) is 30.3 Å². The van der Waals surface area contributed by atoms with Crippen molar-refractivity contribution in [1.82, 2.24) is 0 Å². The standard InChI is InChI=1S/C25H21ClN2O5/c1-13-5-8-17(11-19(13)26)27-20(29)12-33-25(32)16-3-2-4-18(10-16)28-23(30)21-14-6-7-15(9-14)22(21)24(28)31/h2-8,10-11,14-15,21-22H,9,12H2,1H3,(H,27,29)/t14-,15-,21+,22+/m0/s1. The maximum absolute atomic E-state index is 13.0. The van der Waals surface area contributed by atoms with Gasteiger partial charge in [-0.25, -0.2) is 9.69 Å². The smallest absolute Gasteiger partial charge is 0.338 e. The number of carbonyl (C=O) groups excluding carboxylic acids is 4. The summed E-state index contributed by atoms with van der Waals surface area (Å²) in [5, 5.41) is 3.13. The zero-order valence-corrected chi connectivity index (χ0v) is 18.5. The van der Waals surface area contributed by atoms with E-state index in [4.69, 9.17) is 16.3 Å². The summed E-state index contributed by atoms with van der Waals surface area (Å²) in [6.45, 7) is 1.36. The Morgan fingerprint density at radius 1 is 1.06 bits per heavy atom. The molecule has 3 aliphatic rings. The maximum Gasteiger partial charge on any atom is 0.338 e. The quantitative estimate of drug-likeness (QED) is 0.413. The van der Waals surface area contributed by atoms with Gasteiger partial charge in [-0.3, -0.25) is 14.4 Å². The van der Waals surface area contributed by atoms with E-state index in [1.54, 1.807) is 30.3 Å². The fourth-order valence-corrected chi connectivity index (χ4v) is 5.19. The number of anilines is 2. The van der Waals surface area contributed by atoms with Gasteiger partial charge in [-0.15, -0.1) is 0 Å². The molecular weight excluding hydrogens is 444 g/mol. The van der Waals surface area contributed by atoms with E-state index in [2.05, 4.69) is 5.32 Å². The summed E-state index contributed by atoms with van der Waals surface area (Å²) >= 11 is 6.05. The molecule has 0 aromatic heterocycles. The minimum Gasteiger partial charge on any atom is -0.452 e. The molecule has 2 fully saturated rings. The number of hydrogen-bond acceptors (Lipinski definition) is 5. The lowest BCUT2D eigenvalue weighted by atomic mass is 9.85. The van der Waals surface area contributed by atoms with E-state index in [1.807, 2.05) is 19.1 Å². The van der Waals surface area contributed by atoms with Crippen LogP contribution in [0.4, 0.5) is 11.4 Å². The first-order valence-electron chi connectivity index (χ1n) is 10.7. The third-order valence-electron chi connectivity index (χ3n) is 6.60. The first kappa shape index (κ1) is 21.4. The number of fused-ring (bicyclic) bond motifs is 5. The highest BCUT2D eigenvalue weighted by Crippen LogP contribution is 2.53. The van der Waals surface area contributed by atoms with Gasteiger partial charge < -0.3 is 10.1 Å². The normalized spacial score (nSPS) is 24.8. The fourth-order valence-electron chi connectivity index (χ4n) is 5.01. The second-order valence-corrected chi connectivity index (χ2v) is 9.06. The largest absolute Gasteiger partial charge is 0.452 e. The summed E-state index contributed by atoms with van der Waals surface area (Å²) in [5.41, 5.74) is 1.86. The summed E-state index contributed by atoms with van der Waals surface area (Å²) in [4.78, 5) is 51.8. The summed E-state index contributed by atoms with van der Waals surface area (Å²) < 4.78 is 5.12.